The van der Waals surface area contributed by atoms with Crippen molar-refractivity contribution in [1.82, 2.24) is 19.9 Å². The molecule has 2 heterocycles. The third-order valence-electron chi connectivity index (χ3n) is 9.97. The second-order valence-electron chi connectivity index (χ2n) is 13.4. The standard InChI is InChI=1S/C50H32N4O/c1-4-15-33(16-5-1)37-22-12-25-40(31-37)50-51-44-30-29-35-21-14-28-43(45(35)46(44)55-50)49-53-47(36-19-8-3-9-20-36)52-48(54-49)39-24-13-23-38(32-39)42-27-11-10-26-41(42)34-17-6-2-7-18-34/h1-32H. The summed E-state index contributed by atoms with van der Waals surface area (Å²) in [7, 11) is 0. The maximum atomic E-state index is 6.68. The first-order valence-corrected chi connectivity index (χ1v) is 18.3. The number of fused-ring (bicyclic) bond motifs is 3. The van der Waals surface area contributed by atoms with E-state index in [-0.39, 0.29) is 0 Å². The van der Waals surface area contributed by atoms with Crippen LogP contribution in [0.5, 0.6) is 0 Å². The summed E-state index contributed by atoms with van der Waals surface area (Å²) in [6, 6.07) is 66.4. The largest absolute Gasteiger partial charge is 0.435 e. The molecule has 0 amide bonds. The molecule has 0 aliphatic carbocycles. The van der Waals surface area contributed by atoms with Crippen molar-refractivity contribution in [1.29, 1.82) is 0 Å². The lowest BCUT2D eigenvalue weighted by molar-refractivity contribution is 0.623. The smallest absolute Gasteiger partial charge is 0.227 e. The van der Waals surface area contributed by atoms with Crippen LogP contribution in [0.4, 0.5) is 0 Å². The number of oxazole rings is 1. The van der Waals surface area contributed by atoms with Crippen molar-refractivity contribution < 1.29 is 4.42 Å². The van der Waals surface area contributed by atoms with E-state index in [4.69, 9.17) is 24.4 Å². The first-order valence-electron chi connectivity index (χ1n) is 18.3. The maximum absolute atomic E-state index is 6.68. The van der Waals surface area contributed by atoms with Crippen molar-refractivity contribution in [3.8, 4) is 79.0 Å². The van der Waals surface area contributed by atoms with E-state index in [1.807, 2.05) is 78.9 Å². The summed E-state index contributed by atoms with van der Waals surface area (Å²) in [4.78, 5) is 20.4. The van der Waals surface area contributed by atoms with Gasteiger partial charge in [-0.05, 0) is 63.0 Å². The normalized spacial score (nSPS) is 11.3. The van der Waals surface area contributed by atoms with E-state index in [0.29, 0.717) is 28.9 Å². The van der Waals surface area contributed by atoms with Crippen LogP contribution in [0.2, 0.25) is 0 Å². The van der Waals surface area contributed by atoms with Crippen molar-refractivity contribution in [3.63, 3.8) is 0 Å². The van der Waals surface area contributed by atoms with Crippen molar-refractivity contribution in [2.75, 3.05) is 0 Å². The van der Waals surface area contributed by atoms with Gasteiger partial charge in [0.15, 0.2) is 23.1 Å². The van der Waals surface area contributed by atoms with Gasteiger partial charge in [-0.15, -0.1) is 0 Å². The lowest BCUT2D eigenvalue weighted by Gasteiger charge is -2.13. The summed E-state index contributed by atoms with van der Waals surface area (Å²) in [5.74, 6) is 2.30. The van der Waals surface area contributed by atoms with Gasteiger partial charge in [-0.1, -0.05) is 170 Å². The maximum Gasteiger partial charge on any atom is 0.227 e. The van der Waals surface area contributed by atoms with Crippen molar-refractivity contribution in [3.05, 3.63) is 194 Å². The summed E-state index contributed by atoms with van der Waals surface area (Å²) in [6.07, 6.45) is 0. The number of hydrogen-bond donors (Lipinski definition) is 0. The summed E-state index contributed by atoms with van der Waals surface area (Å²) in [6.45, 7) is 0. The molecule has 5 heteroatoms. The predicted octanol–water partition coefficient (Wildman–Crippen LogP) is 12.8. The Labute approximate surface area is 318 Å². The molecule has 258 valence electrons. The third-order valence-corrected chi connectivity index (χ3v) is 9.97. The Hall–Kier alpha value is -7.50. The summed E-state index contributed by atoms with van der Waals surface area (Å²) >= 11 is 0. The average molecular weight is 705 g/mol. The Morgan fingerprint density at radius 1 is 0.309 bits per heavy atom. The highest BCUT2D eigenvalue weighted by molar-refractivity contribution is 6.10. The Balaban J connectivity index is 1.13. The van der Waals surface area contributed by atoms with E-state index < -0.39 is 0 Å². The van der Waals surface area contributed by atoms with Crippen LogP contribution in [-0.4, -0.2) is 19.9 Å². The van der Waals surface area contributed by atoms with Crippen LogP contribution in [0, 0.1) is 0 Å². The fraction of sp³-hybridized carbons (Fsp3) is 0. The van der Waals surface area contributed by atoms with Gasteiger partial charge in [-0.2, -0.15) is 0 Å². The van der Waals surface area contributed by atoms with Gasteiger partial charge in [0.1, 0.15) is 5.52 Å². The zero-order valence-electron chi connectivity index (χ0n) is 29.7. The number of nitrogens with zero attached hydrogens (tertiary/aromatic N) is 4. The highest BCUT2D eigenvalue weighted by atomic mass is 16.3. The molecule has 0 fully saturated rings. The zero-order chi connectivity index (χ0) is 36.6. The monoisotopic (exact) mass is 704 g/mol. The van der Waals surface area contributed by atoms with Crippen LogP contribution in [0.1, 0.15) is 0 Å². The van der Waals surface area contributed by atoms with Gasteiger partial charge in [0.2, 0.25) is 5.89 Å². The number of rotatable bonds is 7. The quantitative estimate of drug-likeness (QED) is 0.165. The minimum Gasteiger partial charge on any atom is -0.435 e. The molecule has 2 aromatic heterocycles. The van der Waals surface area contributed by atoms with Crippen LogP contribution >= 0.6 is 0 Å². The lowest BCUT2D eigenvalue weighted by atomic mass is 9.93. The topological polar surface area (TPSA) is 64.7 Å². The van der Waals surface area contributed by atoms with Crippen LogP contribution < -0.4 is 0 Å². The fourth-order valence-electron chi connectivity index (χ4n) is 7.30. The molecule has 0 atom stereocenters. The molecule has 0 N–H and O–H groups in total. The van der Waals surface area contributed by atoms with Crippen molar-refractivity contribution in [2.24, 2.45) is 0 Å². The predicted molar refractivity (Wildman–Crippen MR) is 223 cm³/mol. The Morgan fingerprint density at radius 2 is 0.818 bits per heavy atom. The summed E-state index contributed by atoms with van der Waals surface area (Å²) < 4.78 is 6.68. The molecular weight excluding hydrogens is 673 g/mol. The Morgan fingerprint density at radius 3 is 1.56 bits per heavy atom. The second-order valence-corrected chi connectivity index (χ2v) is 13.4. The summed E-state index contributed by atoms with van der Waals surface area (Å²) in [5.41, 5.74) is 11.8. The first-order chi connectivity index (χ1) is 27.2. The van der Waals surface area contributed by atoms with Crippen LogP contribution in [-0.2, 0) is 0 Å². The highest BCUT2D eigenvalue weighted by Crippen LogP contribution is 2.38. The highest BCUT2D eigenvalue weighted by Gasteiger charge is 2.19. The van der Waals surface area contributed by atoms with Crippen LogP contribution in [0.15, 0.2) is 199 Å². The van der Waals surface area contributed by atoms with Gasteiger partial charge in [-0.3, -0.25) is 0 Å². The number of benzene rings is 8. The average Bonchev–Trinajstić information content (AvgIpc) is 3.72. The van der Waals surface area contributed by atoms with Gasteiger partial charge < -0.3 is 4.42 Å². The van der Waals surface area contributed by atoms with E-state index in [9.17, 15) is 0 Å². The Kier molecular flexibility index (Phi) is 8.08. The van der Waals surface area contributed by atoms with Gasteiger partial charge >= 0.3 is 0 Å². The van der Waals surface area contributed by atoms with Crippen LogP contribution in [0.25, 0.3) is 101 Å². The van der Waals surface area contributed by atoms with Gasteiger partial charge in [-0.25, -0.2) is 19.9 Å². The molecule has 8 aromatic carbocycles. The van der Waals surface area contributed by atoms with Crippen molar-refractivity contribution in [2.45, 2.75) is 0 Å². The van der Waals surface area contributed by atoms with E-state index in [1.165, 1.54) is 11.1 Å². The van der Waals surface area contributed by atoms with Gasteiger partial charge in [0.05, 0.1) is 0 Å². The molecule has 0 aliphatic rings. The van der Waals surface area contributed by atoms with Crippen LogP contribution in [0.3, 0.4) is 0 Å². The fourth-order valence-corrected chi connectivity index (χ4v) is 7.30. The number of hydrogen-bond acceptors (Lipinski definition) is 5. The Bertz CT molecular complexity index is 2980. The van der Waals surface area contributed by atoms with E-state index in [1.54, 1.807) is 0 Å². The molecule has 0 bridgehead atoms. The molecular formula is C50H32N4O. The molecule has 0 unspecified atom stereocenters. The molecule has 0 radical (unpaired) electrons. The van der Waals surface area contributed by atoms with E-state index in [0.717, 1.165) is 60.8 Å². The molecule has 5 nitrogen and oxygen atoms in total. The molecule has 10 rings (SSSR count). The minimum atomic E-state index is 0.557. The zero-order valence-corrected chi connectivity index (χ0v) is 29.7. The molecule has 10 aromatic rings. The van der Waals surface area contributed by atoms with E-state index in [2.05, 4.69) is 115 Å². The van der Waals surface area contributed by atoms with Crippen molar-refractivity contribution >= 4 is 21.9 Å². The SMILES string of the molecule is c1ccc(-c2cccc(-c3nc4ccc5cccc(-c6nc(-c7ccccc7)nc(-c7cccc(-c8ccccc8-c8ccccc8)c7)n6)c5c4o3)c2)cc1. The molecule has 0 aliphatic heterocycles. The number of aromatic nitrogens is 4. The summed E-state index contributed by atoms with van der Waals surface area (Å²) in [5, 5.41) is 1.91. The van der Waals surface area contributed by atoms with Gasteiger partial charge in [0.25, 0.3) is 0 Å². The lowest BCUT2D eigenvalue weighted by Crippen LogP contribution is -2.00. The second kappa shape index (κ2) is 13.8. The molecule has 0 saturated carbocycles. The molecule has 0 saturated heterocycles. The third kappa shape index (κ3) is 6.14. The van der Waals surface area contributed by atoms with Gasteiger partial charge in [0, 0.05) is 27.6 Å². The van der Waals surface area contributed by atoms with E-state index >= 15 is 0 Å². The molecule has 55 heavy (non-hydrogen) atoms. The molecule has 0 spiro atoms. The minimum absolute atomic E-state index is 0.557. The first kappa shape index (κ1) is 32.2.